The molecule has 4 heteroatoms. The van der Waals surface area contributed by atoms with Crippen molar-refractivity contribution in [3.8, 4) is 11.5 Å². The van der Waals surface area contributed by atoms with Crippen molar-refractivity contribution >= 4 is 5.91 Å². The largest absolute Gasteiger partial charge is 0.496 e. The Hall–Kier alpha value is -2.49. The minimum absolute atomic E-state index is 0.0631. The van der Waals surface area contributed by atoms with Crippen molar-refractivity contribution in [2.24, 2.45) is 0 Å². The molecule has 0 aliphatic carbocycles. The summed E-state index contributed by atoms with van der Waals surface area (Å²) < 4.78 is 11.2. The molecule has 128 valence electrons. The molecule has 0 aliphatic heterocycles. The zero-order chi connectivity index (χ0) is 17.5. The quantitative estimate of drug-likeness (QED) is 0.778. The van der Waals surface area contributed by atoms with E-state index in [0.29, 0.717) is 6.54 Å². The topological polar surface area (TPSA) is 38.8 Å². The van der Waals surface area contributed by atoms with E-state index in [4.69, 9.17) is 9.47 Å². The molecule has 1 amide bonds. The number of ether oxygens (including phenoxy) is 2. The number of carbonyl (C=O) groups is 1. The van der Waals surface area contributed by atoms with Gasteiger partial charge in [0, 0.05) is 19.2 Å². The molecule has 0 aromatic heterocycles. The Balaban J connectivity index is 2.04. The van der Waals surface area contributed by atoms with Gasteiger partial charge in [-0.25, -0.2) is 0 Å². The monoisotopic (exact) mass is 327 g/mol. The van der Waals surface area contributed by atoms with Gasteiger partial charge in [-0.15, -0.1) is 0 Å². The van der Waals surface area contributed by atoms with Crippen LogP contribution in [0.4, 0.5) is 0 Å². The molecule has 2 aromatic carbocycles. The third-order valence-electron chi connectivity index (χ3n) is 3.98. The Morgan fingerprint density at radius 2 is 1.62 bits per heavy atom. The summed E-state index contributed by atoms with van der Waals surface area (Å²) in [7, 11) is 3.41. The lowest BCUT2D eigenvalue weighted by molar-refractivity contribution is -0.137. The summed E-state index contributed by atoms with van der Waals surface area (Å²) >= 11 is 0. The van der Waals surface area contributed by atoms with Crippen LogP contribution in [0.2, 0.25) is 0 Å². The number of para-hydroxylation sites is 2. The van der Waals surface area contributed by atoms with E-state index in [1.54, 1.807) is 26.0 Å². The summed E-state index contributed by atoms with van der Waals surface area (Å²) in [6.45, 7) is 4.34. The van der Waals surface area contributed by atoms with Crippen molar-refractivity contribution in [2.75, 3.05) is 14.2 Å². The summed E-state index contributed by atoms with van der Waals surface area (Å²) in [6, 6.07) is 15.5. The molecule has 0 saturated heterocycles. The van der Waals surface area contributed by atoms with E-state index in [9.17, 15) is 4.79 Å². The van der Waals surface area contributed by atoms with Gasteiger partial charge in [0.05, 0.1) is 7.11 Å². The molecule has 0 bridgehead atoms. The van der Waals surface area contributed by atoms with Gasteiger partial charge in [-0.05, 0) is 31.0 Å². The third kappa shape index (κ3) is 4.28. The van der Waals surface area contributed by atoms with Crippen LogP contribution in [0.25, 0.3) is 0 Å². The van der Waals surface area contributed by atoms with Gasteiger partial charge in [0.2, 0.25) is 0 Å². The first-order chi connectivity index (χ1) is 11.6. The highest BCUT2D eigenvalue weighted by Crippen LogP contribution is 2.22. The first kappa shape index (κ1) is 17.9. The van der Waals surface area contributed by atoms with Gasteiger partial charge in [0.1, 0.15) is 11.5 Å². The van der Waals surface area contributed by atoms with Gasteiger partial charge in [-0.3, -0.25) is 4.79 Å². The van der Waals surface area contributed by atoms with Gasteiger partial charge in [0.25, 0.3) is 5.91 Å². The van der Waals surface area contributed by atoms with Crippen molar-refractivity contribution in [2.45, 2.75) is 32.9 Å². The Morgan fingerprint density at radius 1 is 1.04 bits per heavy atom. The molecule has 0 saturated carbocycles. The first-order valence-corrected chi connectivity index (χ1v) is 8.18. The number of hydrogen-bond acceptors (Lipinski definition) is 3. The van der Waals surface area contributed by atoms with E-state index in [0.717, 1.165) is 29.0 Å². The van der Waals surface area contributed by atoms with E-state index in [1.807, 2.05) is 48.5 Å². The summed E-state index contributed by atoms with van der Waals surface area (Å²) in [4.78, 5) is 14.3. The summed E-state index contributed by atoms with van der Waals surface area (Å²) in [5, 5.41) is 0. The van der Waals surface area contributed by atoms with E-state index >= 15 is 0 Å². The van der Waals surface area contributed by atoms with Gasteiger partial charge in [-0.2, -0.15) is 0 Å². The van der Waals surface area contributed by atoms with Crippen LogP contribution in [0, 0.1) is 0 Å². The molecule has 0 unspecified atom stereocenters. The number of methoxy groups -OCH3 is 1. The molecule has 2 aromatic rings. The van der Waals surface area contributed by atoms with Gasteiger partial charge in [0.15, 0.2) is 6.10 Å². The minimum atomic E-state index is -0.544. The maximum Gasteiger partial charge on any atom is 0.263 e. The molecular weight excluding hydrogens is 302 g/mol. The van der Waals surface area contributed by atoms with Gasteiger partial charge >= 0.3 is 0 Å². The van der Waals surface area contributed by atoms with Crippen LogP contribution < -0.4 is 9.47 Å². The normalized spacial score (nSPS) is 11.7. The highest BCUT2D eigenvalue weighted by Gasteiger charge is 2.21. The summed E-state index contributed by atoms with van der Waals surface area (Å²) in [6.07, 6.45) is 0.325. The molecule has 1 atom stereocenters. The molecule has 0 radical (unpaired) electrons. The maximum atomic E-state index is 12.6. The zero-order valence-electron chi connectivity index (χ0n) is 14.8. The Morgan fingerprint density at radius 3 is 2.25 bits per heavy atom. The van der Waals surface area contributed by atoms with E-state index < -0.39 is 6.10 Å². The number of benzene rings is 2. The fraction of sp³-hybridized carbons (Fsp3) is 0.350. The Bertz CT molecular complexity index is 627. The maximum absolute atomic E-state index is 12.6. The van der Waals surface area contributed by atoms with Crippen LogP contribution in [0.15, 0.2) is 48.5 Å². The number of hydrogen-bond donors (Lipinski definition) is 0. The van der Waals surface area contributed by atoms with E-state index in [2.05, 4.69) is 6.92 Å². The average Bonchev–Trinajstić information content (AvgIpc) is 2.61. The van der Waals surface area contributed by atoms with Crippen LogP contribution in [0.5, 0.6) is 11.5 Å². The van der Waals surface area contributed by atoms with Crippen LogP contribution in [0.1, 0.15) is 25.0 Å². The minimum Gasteiger partial charge on any atom is -0.496 e. The first-order valence-electron chi connectivity index (χ1n) is 8.18. The smallest absolute Gasteiger partial charge is 0.263 e. The molecule has 0 spiro atoms. The number of amides is 1. The van der Waals surface area contributed by atoms with Crippen molar-refractivity contribution in [1.29, 1.82) is 0 Å². The highest BCUT2D eigenvalue weighted by molar-refractivity contribution is 5.80. The second-order valence-corrected chi connectivity index (χ2v) is 5.73. The highest BCUT2D eigenvalue weighted by atomic mass is 16.5. The molecule has 0 aliphatic rings. The molecule has 0 heterocycles. The SMILES string of the molecule is CCc1ccccc1O[C@H](C)C(=O)N(C)Cc1ccccc1OC. The standard InChI is InChI=1S/C20H25NO3/c1-5-16-10-6-9-13-19(16)24-15(2)20(22)21(3)14-17-11-7-8-12-18(17)23-4/h6-13,15H,5,14H2,1-4H3/t15-/m1/s1. The molecule has 0 N–H and O–H groups in total. The summed E-state index contributed by atoms with van der Waals surface area (Å²) in [5.74, 6) is 1.49. The van der Waals surface area contributed by atoms with Crippen LogP contribution in [-0.4, -0.2) is 31.1 Å². The van der Waals surface area contributed by atoms with Crippen LogP contribution in [0.3, 0.4) is 0 Å². The lowest BCUT2D eigenvalue weighted by Gasteiger charge is -2.23. The zero-order valence-corrected chi connectivity index (χ0v) is 14.8. The van der Waals surface area contributed by atoms with Crippen molar-refractivity contribution in [1.82, 2.24) is 4.90 Å². The third-order valence-corrected chi connectivity index (χ3v) is 3.98. The van der Waals surface area contributed by atoms with Gasteiger partial charge in [-0.1, -0.05) is 43.3 Å². The van der Waals surface area contributed by atoms with Crippen molar-refractivity contribution in [3.05, 3.63) is 59.7 Å². The Kier molecular flexibility index (Phi) is 6.24. The van der Waals surface area contributed by atoms with Gasteiger partial charge < -0.3 is 14.4 Å². The number of likely N-dealkylation sites (N-methyl/N-ethyl adjacent to an activating group) is 1. The predicted molar refractivity (Wildman–Crippen MR) is 95.4 cm³/mol. The molecule has 0 fully saturated rings. The lowest BCUT2D eigenvalue weighted by atomic mass is 10.1. The van der Waals surface area contributed by atoms with E-state index in [1.165, 1.54) is 0 Å². The number of nitrogens with zero attached hydrogens (tertiary/aromatic N) is 1. The second kappa shape index (κ2) is 8.39. The number of carbonyl (C=O) groups excluding carboxylic acids is 1. The number of aryl methyl sites for hydroxylation is 1. The fourth-order valence-electron chi connectivity index (χ4n) is 2.63. The predicted octanol–water partition coefficient (Wildman–Crippen LogP) is 3.68. The van der Waals surface area contributed by atoms with Crippen LogP contribution >= 0.6 is 0 Å². The lowest BCUT2D eigenvalue weighted by Crippen LogP contribution is -2.37. The summed E-state index contributed by atoms with van der Waals surface area (Å²) in [5.41, 5.74) is 2.07. The van der Waals surface area contributed by atoms with Crippen molar-refractivity contribution in [3.63, 3.8) is 0 Å². The van der Waals surface area contributed by atoms with E-state index in [-0.39, 0.29) is 5.91 Å². The Labute approximate surface area is 144 Å². The number of rotatable bonds is 7. The van der Waals surface area contributed by atoms with Crippen molar-refractivity contribution < 1.29 is 14.3 Å². The fourth-order valence-corrected chi connectivity index (χ4v) is 2.63. The molecule has 2 rings (SSSR count). The average molecular weight is 327 g/mol. The molecule has 4 nitrogen and oxygen atoms in total. The second-order valence-electron chi connectivity index (χ2n) is 5.73. The van der Waals surface area contributed by atoms with Crippen LogP contribution in [-0.2, 0) is 17.8 Å². The molecule has 24 heavy (non-hydrogen) atoms. The molecular formula is C20H25NO3.